The molecule has 1 N–H and O–H groups in total. The Balaban J connectivity index is 2.59. The monoisotopic (exact) mass is 212 g/mol. The molecule has 1 aliphatic rings. The van der Waals surface area contributed by atoms with Crippen molar-refractivity contribution in [1.29, 1.82) is 0 Å². The number of ether oxygens (including phenoxy) is 1. The normalized spacial score (nSPS) is 19.3. The fraction of sp³-hybridized carbons (Fsp3) is 0.636. The van der Waals surface area contributed by atoms with Crippen LogP contribution in [0.3, 0.4) is 0 Å². The maximum atomic E-state index is 11.3. The minimum Gasteiger partial charge on any atom is -0.481 e. The lowest BCUT2D eigenvalue weighted by atomic mass is 10.0. The molecule has 4 nitrogen and oxygen atoms in total. The molecule has 1 aliphatic carbocycles. The molecule has 4 heteroatoms. The number of rotatable bonds is 4. The minimum atomic E-state index is -1.14. The molecule has 0 heterocycles. The first-order chi connectivity index (χ1) is 7.08. The Hall–Kier alpha value is -1.32. The van der Waals surface area contributed by atoms with Gasteiger partial charge in [0.05, 0.1) is 0 Å². The van der Waals surface area contributed by atoms with E-state index in [1.54, 1.807) is 0 Å². The van der Waals surface area contributed by atoms with Gasteiger partial charge in [-0.1, -0.05) is 6.08 Å². The van der Waals surface area contributed by atoms with Gasteiger partial charge in [0.25, 0.3) is 0 Å². The smallest absolute Gasteiger partial charge is 0.318 e. The third-order valence-corrected chi connectivity index (χ3v) is 2.53. The topological polar surface area (TPSA) is 63.6 Å². The molecule has 0 aliphatic heterocycles. The van der Waals surface area contributed by atoms with Gasteiger partial charge in [0.2, 0.25) is 0 Å². The third kappa shape index (κ3) is 3.38. The van der Waals surface area contributed by atoms with Crippen LogP contribution < -0.4 is 0 Å². The first-order valence-electron chi connectivity index (χ1n) is 5.15. The molecule has 0 bridgehead atoms. The van der Waals surface area contributed by atoms with Crippen LogP contribution in [0.2, 0.25) is 0 Å². The van der Waals surface area contributed by atoms with E-state index in [9.17, 15) is 9.59 Å². The van der Waals surface area contributed by atoms with Crippen molar-refractivity contribution in [3.63, 3.8) is 0 Å². The summed E-state index contributed by atoms with van der Waals surface area (Å²) in [6.45, 7) is 1.87. The summed E-state index contributed by atoms with van der Waals surface area (Å²) in [6, 6.07) is 0. The second-order valence-electron chi connectivity index (χ2n) is 3.82. The Bertz CT molecular complexity index is 274. The first kappa shape index (κ1) is 11.8. The average molecular weight is 212 g/mol. The van der Waals surface area contributed by atoms with E-state index >= 15 is 0 Å². The van der Waals surface area contributed by atoms with Gasteiger partial charge in [0.15, 0.2) is 0 Å². The number of aliphatic carboxylic acids is 1. The predicted molar refractivity (Wildman–Crippen MR) is 54.4 cm³/mol. The Morgan fingerprint density at radius 2 is 2.00 bits per heavy atom. The van der Waals surface area contributed by atoms with Crippen molar-refractivity contribution in [2.45, 2.75) is 44.6 Å². The molecule has 1 rings (SSSR count). The van der Waals surface area contributed by atoms with Gasteiger partial charge >= 0.3 is 11.9 Å². The molecule has 1 saturated carbocycles. The number of carbonyl (C=O) groups is 2. The zero-order valence-corrected chi connectivity index (χ0v) is 8.86. The lowest BCUT2D eigenvalue weighted by Crippen LogP contribution is -2.30. The molecule has 0 spiro atoms. The molecular weight excluding hydrogens is 196 g/mol. The van der Waals surface area contributed by atoms with Crippen LogP contribution in [0.5, 0.6) is 0 Å². The van der Waals surface area contributed by atoms with Crippen LogP contribution in [-0.4, -0.2) is 22.6 Å². The summed E-state index contributed by atoms with van der Waals surface area (Å²) in [4.78, 5) is 21.6. The van der Waals surface area contributed by atoms with Crippen molar-refractivity contribution < 1.29 is 19.4 Å². The van der Waals surface area contributed by atoms with Gasteiger partial charge < -0.3 is 9.84 Å². The van der Waals surface area contributed by atoms with Crippen molar-refractivity contribution >= 4 is 11.9 Å². The van der Waals surface area contributed by atoms with E-state index in [0.717, 1.165) is 25.7 Å². The number of carboxylic acids is 1. The van der Waals surface area contributed by atoms with Gasteiger partial charge in [0.1, 0.15) is 12.0 Å². The molecule has 0 unspecified atom stereocenters. The molecule has 0 aromatic heterocycles. The SMILES string of the molecule is C/C=C/C1(OC(=O)CC(=O)O)CCCC1. The van der Waals surface area contributed by atoms with E-state index in [1.807, 2.05) is 19.1 Å². The number of hydrogen-bond acceptors (Lipinski definition) is 3. The van der Waals surface area contributed by atoms with Gasteiger partial charge in [-0.05, 0) is 38.7 Å². The maximum absolute atomic E-state index is 11.3. The summed E-state index contributed by atoms with van der Waals surface area (Å²) < 4.78 is 5.24. The fourth-order valence-corrected chi connectivity index (χ4v) is 1.97. The standard InChI is InChI=1S/C11H16O4/c1-2-5-11(6-3-4-7-11)15-10(14)8-9(12)13/h2,5H,3-4,6-8H2,1H3,(H,12,13)/b5-2+. The summed E-state index contributed by atoms with van der Waals surface area (Å²) in [5.41, 5.74) is -0.540. The van der Waals surface area contributed by atoms with Crippen molar-refractivity contribution in [2.75, 3.05) is 0 Å². The molecule has 0 radical (unpaired) electrons. The molecule has 0 aromatic carbocycles. The molecule has 84 valence electrons. The Morgan fingerprint density at radius 1 is 1.40 bits per heavy atom. The largest absolute Gasteiger partial charge is 0.481 e. The van der Waals surface area contributed by atoms with Crippen LogP contribution >= 0.6 is 0 Å². The summed E-state index contributed by atoms with van der Waals surface area (Å²) in [5.74, 6) is -1.80. The van der Waals surface area contributed by atoms with E-state index in [-0.39, 0.29) is 0 Å². The number of carbonyl (C=O) groups excluding carboxylic acids is 1. The first-order valence-corrected chi connectivity index (χ1v) is 5.15. The quantitative estimate of drug-likeness (QED) is 0.439. The highest BCUT2D eigenvalue weighted by molar-refractivity contribution is 5.90. The molecule has 15 heavy (non-hydrogen) atoms. The van der Waals surface area contributed by atoms with Gasteiger partial charge in [-0.15, -0.1) is 0 Å². The van der Waals surface area contributed by atoms with Crippen LogP contribution in [-0.2, 0) is 14.3 Å². The highest BCUT2D eigenvalue weighted by Gasteiger charge is 2.35. The van der Waals surface area contributed by atoms with Gasteiger partial charge in [-0.3, -0.25) is 9.59 Å². The van der Waals surface area contributed by atoms with Gasteiger partial charge in [-0.2, -0.15) is 0 Å². The molecule has 1 fully saturated rings. The van der Waals surface area contributed by atoms with Crippen molar-refractivity contribution in [3.05, 3.63) is 12.2 Å². The highest BCUT2D eigenvalue weighted by atomic mass is 16.6. The van der Waals surface area contributed by atoms with Crippen molar-refractivity contribution in [3.8, 4) is 0 Å². The van der Waals surface area contributed by atoms with Crippen LogP contribution in [0.25, 0.3) is 0 Å². The Labute approximate surface area is 88.9 Å². The molecule has 0 amide bonds. The predicted octanol–water partition coefficient (Wildman–Crippen LogP) is 1.89. The average Bonchev–Trinajstić information content (AvgIpc) is 2.51. The minimum absolute atomic E-state index is 0.540. The van der Waals surface area contributed by atoms with E-state index in [0.29, 0.717) is 0 Å². The summed E-state index contributed by atoms with van der Waals surface area (Å²) in [5, 5.41) is 8.45. The molecule has 0 aromatic rings. The maximum Gasteiger partial charge on any atom is 0.318 e. The molecule has 0 atom stereocenters. The number of allylic oxidation sites excluding steroid dienone is 1. The number of carboxylic acid groups (broad SMARTS) is 1. The van der Waals surface area contributed by atoms with Crippen LogP contribution in [0, 0.1) is 0 Å². The van der Waals surface area contributed by atoms with Gasteiger partial charge in [0, 0.05) is 0 Å². The van der Waals surface area contributed by atoms with Crippen LogP contribution in [0.15, 0.2) is 12.2 Å². The van der Waals surface area contributed by atoms with Crippen molar-refractivity contribution in [1.82, 2.24) is 0 Å². The Kier molecular flexibility index (Phi) is 3.88. The second kappa shape index (κ2) is 4.96. The highest BCUT2D eigenvalue weighted by Crippen LogP contribution is 2.34. The Morgan fingerprint density at radius 3 is 2.47 bits per heavy atom. The fourth-order valence-electron chi connectivity index (χ4n) is 1.97. The summed E-state index contributed by atoms with van der Waals surface area (Å²) in [7, 11) is 0. The van der Waals surface area contributed by atoms with E-state index < -0.39 is 24.0 Å². The lowest BCUT2D eigenvalue weighted by Gasteiger charge is -2.25. The third-order valence-electron chi connectivity index (χ3n) is 2.53. The zero-order valence-electron chi connectivity index (χ0n) is 8.86. The van der Waals surface area contributed by atoms with Gasteiger partial charge in [-0.25, -0.2) is 0 Å². The lowest BCUT2D eigenvalue weighted by molar-refractivity contribution is -0.159. The molecule has 0 saturated heterocycles. The van der Waals surface area contributed by atoms with E-state index in [4.69, 9.17) is 9.84 Å². The van der Waals surface area contributed by atoms with E-state index in [2.05, 4.69) is 0 Å². The van der Waals surface area contributed by atoms with Crippen LogP contribution in [0.4, 0.5) is 0 Å². The van der Waals surface area contributed by atoms with E-state index in [1.165, 1.54) is 0 Å². The number of esters is 1. The van der Waals surface area contributed by atoms with Crippen LogP contribution in [0.1, 0.15) is 39.0 Å². The number of hydrogen-bond donors (Lipinski definition) is 1. The second-order valence-corrected chi connectivity index (χ2v) is 3.82. The summed E-state index contributed by atoms with van der Waals surface area (Å²) in [6.07, 6.45) is 6.78. The summed E-state index contributed by atoms with van der Waals surface area (Å²) >= 11 is 0. The van der Waals surface area contributed by atoms with Crippen molar-refractivity contribution in [2.24, 2.45) is 0 Å². The molecular formula is C11H16O4. The zero-order chi connectivity index (χ0) is 11.3.